The number of thiophene rings is 1. The summed E-state index contributed by atoms with van der Waals surface area (Å²) in [7, 11) is -2.12. The van der Waals surface area contributed by atoms with Gasteiger partial charge in [-0.1, -0.05) is 23.7 Å². The van der Waals surface area contributed by atoms with Crippen LogP contribution in [0.4, 0.5) is 5.82 Å². The molecule has 2 aliphatic heterocycles. The molecule has 1 aromatic carbocycles. The van der Waals surface area contributed by atoms with Gasteiger partial charge in [0.05, 0.1) is 13.7 Å². The lowest BCUT2D eigenvalue weighted by Gasteiger charge is -2.38. The van der Waals surface area contributed by atoms with E-state index in [1.54, 1.807) is 25.3 Å². The lowest BCUT2D eigenvalue weighted by atomic mass is 9.96. The Bertz CT molecular complexity index is 1340. The van der Waals surface area contributed by atoms with Crippen LogP contribution in [-0.2, 0) is 14.8 Å². The van der Waals surface area contributed by atoms with Gasteiger partial charge in [0.25, 0.3) is 10.0 Å². The number of carbonyl (C=O) groups excluding carboxylic acids is 1. The Labute approximate surface area is 214 Å². The lowest BCUT2D eigenvalue weighted by molar-refractivity contribution is -0.134. The number of sulfonamides is 1. The van der Waals surface area contributed by atoms with Crippen molar-refractivity contribution in [2.45, 2.75) is 17.1 Å². The van der Waals surface area contributed by atoms with Gasteiger partial charge in [-0.05, 0) is 48.4 Å². The number of carbonyl (C=O) groups is 1. The van der Waals surface area contributed by atoms with E-state index in [0.717, 1.165) is 41.8 Å². The Morgan fingerprint density at radius 1 is 1.11 bits per heavy atom. The molecule has 2 aliphatic rings. The van der Waals surface area contributed by atoms with Gasteiger partial charge < -0.3 is 14.5 Å². The number of rotatable bonds is 6. The zero-order valence-corrected chi connectivity index (χ0v) is 21.8. The molecule has 2 saturated heterocycles. The highest BCUT2D eigenvalue weighted by Gasteiger charge is 2.35. The summed E-state index contributed by atoms with van der Waals surface area (Å²) >= 11 is 7.23. The molecule has 8 nitrogen and oxygen atoms in total. The summed E-state index contributed by atoms with van der Waals surface area (Å²) < 4.78 is 34.0. The maximum atomic E-state index is 13.2. The van der Waals surface area contributed by atoms with Crippen molar-refractivity contribution in [1.82, 2.24) is 14.2 Å². The summed E-state index contributed by atoms with van der Waals surface area (Å²) in [6.45, 7) is 2.98. The van der Waals surface area contributed by atoms with Crippen molar-refractivity contribution in [3.63, 3.8) is 0 Å². The minimum atomic E-state index is -3.73. The van der Waals surface area contributed by atoms with Crippen LogP contribution in [0.2, 0.25) is 5.02 Å². The first-order valence-electron chi connectivity index (χ1n) is 11.6. The third-order valence-corrected chi connectivity index (χ3v) is 10.3. The highest BCUT2D eigenvalue weighted by atomic mass is 35.5. The van der Waals surface area contributed by atoms with Crippen LogP contribution in [0.5, 0.6) is 5.88 Å². The van der Waals surface area contributed by atoms with E-state index in [1.165, 1.54) is 15.6 Å². The zero-order valence-electron chi connectivity index (χ0n) is 19.4. The second kappa shape index (κ2) is 9.93. The quantitative estimate of drug-likeness (QED) is 0.479. The minimum absolute atomic E-state index is 0.121. The lowest BCUT2D eigenvalue weighted by Crippen LogP contribution is -2.53. The normalized spacial score (nSPS) is 18.4. The van der Waals surface area contributed by atoms with Gasteiger partial charge in [0, 0.05) is 48.5 Å². The first kappa shape index (κ1) is 24.3. The summed E-state index contributed by atoms with van der Waals surface area (Å²) in [4.78, 5) is 21.5. The molecule has 3 aromatic rings. The van der Waals surface area contributed by atoms with E-state index in [0.29, 0.717) is 36.5 Å². The number of ether oxygens (including phenoxy) is 1. The van der Waals surface area contributed by atoms with Gasteiger partial charge in [0.15, 0.2) is 0 Å². The van der Waals surface area contributed by atoms with Crippen LogP contribution in [-0.4, -0.2) is 74.9 Å². The second-order valence-corrected chi connectivity index (χ2v) is 12.6. The van der Waals surface area contributed by atoms with Crippen LogP contribution in [0.25, 0.3) is 10.1 Å². The Morgan fingerprint density at radius 2 is 1.91 bits per heavy atom. The van der Waals surface area contributed by atoms with Crippen molar-refractivity contribution in [1.29, 1.82) is 0 Å². The fourth-order valence-electron chi connectivity index (χ4n) is 4.67. The van der Waals surface area contributed by atoms with Crippen molar-refractivity contribution in [2.75, 3.05) is 51.3 Å². The molecule has 0 aliphatic carbocycles. The van der Waals surface area contributed by atoms with Crippen LogP contribution in [0.15, 0.2) is 46.7 Å². The number of fused-ring (bicyclic) bond motifs is 1. The number of anilines is 1. The Morgan fingerprint density at radius 3 is 2.66 bits per heavy atom. The van der Waals surface area contributed by atoms with E-state index in [1.807, 2.05) is 29.2 Å². The fourth-order valence-corrected chi connectivity index (χ4v) is 7.88. The number of methoxy groups -OCH3 is 1. The average molecular weight is 535 g/mol. The van der Waals surface area contributed by atoms with Gasteiger partial charge in [-0.15, -0.1) is 11.3 Å². The molecule has 1 amide bonds. The highest BCUT2D eigenvalue weighted by Crippen LogP contribution is 2.33. The first-order valence-corrected chi connectivity index (χ1v) is 14.2. The van der Waals surface area contributed by atoms with Gasteiger partial charge >= 0.3 is 0 Å². The largest absolute Gasteiger partial charge is 0.481 e. The number of benzene rings is 1. The molecule has 186 valence electrons. The van der Waals surface area contributed by atoms with Gasteiger partial charge in [0.2, 0.25) is 11.8 Å². The Balaban J connectivity index is 1.17. The number of nitrogens with zero attached hydrogens (tertiary/aromatic N) is 4. The Hall–Kier alpha value is -2.40. The monoisotopic (exact) mass is 534 g/mol. The Kier molecular flexibility index (Phi) is 6.89. The predicted molar refractivity (Wildman–Crippen MR) is 138 cm³/mol. The van der Waals surface area contributed by atoms with E-state index in [2.05, 4.69) is 9.88 Å². The number of piperazine rings is 1. The molecule has 11 heteroatoms. The smallest absolute Gasteiger partial charge is 0.253 e. The maximum Gasteiger partial charge on any atom is 0.253 e. The van der Waals surface area contributed by atoms with E-state index < -0.39 is 10.0 Å². The predicted octanol–water partition coefficient (Wildman–Crippen LogP) is 3.71. The number of pyridine rings is 1. The molecule has 35 heavy (non-hydrogen) atoms. The SMILES string of the molecule is COc1cccc(N2CCC(CN3CCN(S(=O)(=O)c4cc5ccc(Cl)cc5s4)CC3=O)CC2)n1. The van der Waals surface area contributed by atoms with Crippen molar-refractivity contribution < 1.29 is 17.9 Å². The summed E-state index contributed by atoms with van der Waals surface area (Å²) in [5, 5.41) is 1.40. The summed E-state index contributed by atoms with van der Waals surface area (Å²) in [6, 6.07) is 12.7. The van der Waals surface area contributed by atoms with E-state index >= 15 is 0 Å². The topological polar surface area (TPSA) is 83.0 Å². The van der Waals surface area contributed by atoms with Crippen molar-refractivity contribution >= 4 is 54.8 Å². The van der Waals surface area contributed by atoms with Crippen LogP contribution in [0.1, 0.15) is 12.8 Å². The number of amides is 1. The average Bonchev–Trinajstić information content (AvgIpc) is 3.30. The van der Waals surface area contributed by atoms with Gasteiger partial charge in [-0.2, -0.15) is 9.29 Å². The zero-order chi connectivity index (χ0) is 24.6. The van der Waals surface area contributed by atoms with Crippen LogP contribution < -0.4 is 9.64 Å². The number of hydrogen-bond donors (Lipinski definition) is 0. The standard InChI is InChI=1S/C24H27ClN4O4S2/c1-33-22-4-2-3-21(26-22)27-9-7-17(8-10-27)15-28-11-12-29(16-23(28)30)35(31,32)24-13-18-5-6-19(25)14-20(18)34-24/h2-6,13-14,17H,7-12,15-16H2,1H3. The molecule has 0 radical (unpaired) electrons. The highest BCUT2D eigenvalue weighted by molar-refractivity contribution is 7.91. The van der Waals surface area contributed by atoms with Crippen molar-refractivity contribution in [3.8, 4) is 5.88 Å². The second-order valence-electron chi connectivity index (χ2n) is 8.89. The summed E-state index contributed by atoms with van der Waals surface area (Å²) in [6.07, 6.45) is 1.91. The fraction of sp³-hybridized carbons (Fsp3) is 0.417. The molecule has 5 rings (SSSR count). The van der Waals surface area contributed by atoms with E-state index in [4.69, 9.17) is 16.3 Å². The molecule has 0 bridgehead atoms. The molecule has 2 fully saturated rings. The van der Waals surface area contributed by atoms with Crippen LogP contribution in [0.3, 0.4) is 0 Å². The molecule has 0 spiro atoms. The molecule has 0 saturated carbocycles. The number of aromatic nitrogens is 1. The molecule has 2 aromatic heterocycles. The molecule has 4 heterocycles. The molecule has 0 N–H and O–H groups in total. The number of hydrogen-bond acceptors (Lipinski definition) is 7. The number of halogens is 1. The van der Waals surface area contributed by atoms with Crippen molar-refractivity contribution in [2.24, 2.45) is 5.92 Å². The molecule has 0 atom stereocenters. The van der Waals surface area contributed by atoms with E-state index in [-0.39, 0.29) is 16.7 Å². The first-order chi connectivity index (χ1) is 16.8. The molecule has 0 unspecified atom stereocenters. The van der Waals surface area contributed by atoms with E-state index in [9.17, 15) is 13.2 Å². The minimum Gasteiger partial charge on any atom is -0.481 e. The molecular formula is C24H27ClN4O4S2. The third kappa shape index (κ3) is 5.11. The van der Waals surface area contributed by atoms with Crippen molar-refractivity contribution in [3.05, 3.63) is 47.5 Å². The summed E-state index contributed by atoms with van der Waals surface area (Å²) in [5.41, 5.74) is 0. The maximum absolute atomic E-state index is 13.2. The van der Waals surface area contributed by atoms with Gasteiger partial charge in [-0.3, -0.25) is 4.79 Å². The third-order valence-electron chi connectivity index (χ3n) is 6.67. The van der Waals surface area contributed by atoms with Crippen LogP contribution >= 0.6 is 22.9 Å². The number of piperidine rings is 1. The van der Waals surface area contributed by atoms with Gasteiger partial charge in [0.1, 0.15) is 10.0 Å². The van der Waals surface area contributed by atoms with Crippen LogP contribution in [0, 0.1) is 5.92 Å². The molecular weight excluding hydrogens is 508 g/mol. The van der Waals surface area contributed by atoms with Gasteiger partial charge in [-0.25, -0.2) is 8.42 Å². The summed E-state index contributed by atoms with van der Waals surface area (Å²) in [5.74, 6) is 1.75.